The van der Waals surface area contributed by atoms with Gasteiger partial charge in [-0.3, -0.25) is 4.79 Å². The summed E-state index contributed by atoms with van der Waals surface area (Å²) in [6.07, 6.45) is 7.32. The fraction of sp³-hybridized carbons (Fsp3) is 0.350. The number of aromatic nitrogens is 1. The van der Waals surface area contributed by atoms with Gasteiger partial charge in [-0.2, -0.15) is 0 Å². The standard InChI is InChI=1S/C20H23NO4/c1-14(22)17-11-21(12-18(23)19(17)24)13-20(9-3-4-10-20)15-5-7-16(25-2)8-6-15/h5-8,11-12,22-23H,1,3-4,9-10,13H2,2H3. The molecule has 0 aliphatic heterocycles. The molecule has 0 radical (unpaired) electrons. The highest BCUT2D eigenvalue weighted by Crippen LogP contribution is 2.43. The Bertz CT molecular complexity index is 830. The van der Waals surface area contributed by atoms with Crippen LogP contribution in [0.3, 0.4) is 0 Å². The van der Waals surface area contributed by atoms with Crippen LogP contribution in [0.15, 0.2) is 48.0 Å². The first-order valence-electron chi connectivity index (χ1n) is 8.41. The minimum Gasteiger partial charge on any atom is -0.508 e. The van der Waals surface area contributed by atoms with Gasteiger partial charge in [0.1, 0.15) is 11.5 Å². The van der Waals surface area contributed by atoms with Crippen molar-refractivity contribution in [2.45, 2.75) is 37.6 Å². The van der Waals surface area contributed by atoms with Crippen LogP contribution >= 0.6 is 0 Å². The molecule has 5 nitrogen and oxygen atoms in total. The summed E-state index contributed by atoms with van der Waals surface area (Å²) < 4.78 is 7.02. The third-order valence-electron chi connectivity index (χ3n) is 5.12. The average molecular weight is 341 g/mol. The first-order chi connectivity index (χ1) is 11.9. The van der Waals surface area contributed by atoms with Crippen LogP contribution in [0.1, 0.15) is 36.8 Å². The molecule has 2 N–H and O–H groups in total. The van der Waals surface area contributed by atoms with Gasteiger partial charge in [-0.1, -0.05) is 31.6 Å². The van der Waals surface area contributed by atoms with E-state index in [0.717, 1.165) is 31.4 Å². The molecule has 0 saturated heterocycles. The monoisotopic (exact) mass is 341 g/mol. The number of pyridine rings is 1. The second kappa shape index (κ2) is 6.67. The second-order valence-corrected chi connectivity index (χ2v) is 6.72. The van der Waals surface area contributed by atoms with E-state index in [2.05, 4.69) is 18.7 Å². The summed E-state index contributed by atoms with van der Waals surface area (Å²) in [6.45, 7) is 4.03. The van der Waals surface area contributed by atoms with Crippen molar-refractivity contribution in [3.8, 4) is 11.5 Å². The van der Waals surface area contributed by atoms with Crippen molar-refractivity contribution in [1.82, 2.24) is 4.57 Å². The van der Waals surface area contributed by atoms with Crippen molar-refractivity contribution in [1.29, 1.82) is 0 Å². The Kier molecular flexibility index (Phi) is 4.57. The molecule has 1 saturated carbocycles. The Balaban J connectivity index is 2.00. The van der Waals surface area contributed by atoms with Gasteiger partial charge < -0.3 is 19.5 Å². The van der Waals surface area contributed by atoms with Gasteiger partial charge in [0.15, 0.2) is 5.75 Å². The average Bonchev–Trinajstić information content (AvgIpc) is 3.07. The Morgan fingerprint density at radius 2 is 1.88 bits per heavy atom. The van der Waals surface area contributed by atoms with Crippen LogP contribution in [0.25, 0.3) is 5.76 Å². The molecule has 0 spiro atoms. The molecular formula is C20H23NO4. The number of hydrogen-bond donors (Lipinski definition) is 2. The van der Waals surface area contributed by atoms with E-state index in [4.69, 9.17) is 4.74 Å². The number of rotatable bonds is 5. The zero-order valence-corrected chi connectivity index (χ0v) is 14.4. The first-order valence-corrected chi connectivity index (χ1v) is 8.41. The van der Waals surface area contributed by atoms with Crippen LogP contribution in [0.4, 0.5) is 0 Å². The number of aromatic hydroxyl groups is 1. The molecule has 1 aliphatic carbocycles. The molecule has 1 heterocycles. The Hall–Kier alpha value is -2.69. The lowest BCUT2D eigenvalue weighted by molar-refractivity contribution is 0.362. The molecule has 0 atom stereocenters. The fourth-order valence-electron chi connectivity index (χ4n) is 3.80. The molecule has 1 aromatic heterocycles. The summed E-state index contributed by atoms with van der Waals surface area (Å²) in [6, 6.07) is 8.08. The third-order valence-corrected chi connectivity index (χ3v) is 5.12. The Labute approximate surface area is 146 Å². The minimum absolute atomic E-state index is 0.0304. The molecule has 3 rings (SSSR count). The molecular weight excluding hydrogens is 318 g/mol. The third kappa shape index (κ3) is 3.27. The quantitative estimate of drug-likeness (QED) is 0.815. The van der Waals surface area contributed by atoms with Crippen molar-refractivity contribution < 1.29 is 14.9 Å². The first kappa shape index (κ1) is 17.1. The lowest BCUT2D eigenvalue weighted by Gasteiger charge is -2.31. The van der Waals surface area contributed by atoms with Crippen LogP contribution < -0.4 is 10.2 Å². The lowest BCUT2D eigenvalue weighted by Crippen LogP contribution is -2.29. The van der Waals surface area contributed by atoms with E-state index in [1.807, 2.05) is 12.1 Å². The van der Waals surface area contributed by atoms with Crippen LogP contribution in [0, 0.1) is 0 Å². The molecule has 132 valence electrons. The maximum absolute atomic E-state index is 11.9. The van der Waals surface area contributed by atoms with E-state index in [9.17, 15) is 15.0 Å². The highest BCUT2D eigenvalue weighted by molar-refractivity contribution is 5.56. The van der Waals surface area contributed by atoms with Gasteiger partial charge in [0, 0.05) is 24.4 Å². The number of methoxy groups -OCH3 is 1. The van der Waals surface area contributed by atoms with Crippen LogP contribution in [-0.2, 0) is 12.0 Å². The topological polar surface area (TPSA) is 71.7 Å². The van der Waals surface area contributed by atoms with E-state index in [0.29, 0.717) is 6.54 Å². The molecule has 0 bridgehead atoms. The second-order valence-electron chi connectivity index (χ2n) is 6.72. The van der Waals surface area contributed by atoms with E-state index in [1.165, 1.54) is 11.8 Å². The van der Waals surface area contributed by atoms with Crippen LogP contribution in [-0.4, -0.2) is 21.9 Å². The molecule has 1 aromatic carbocycles. The molecule has 25 heavy (non-hydrogen) atoms. The van der Waals surface area contributed by atoms with Gasteiger partial charge in [0.05, 0.1) is 12.7 Å². The highest BCUT2D eigenvalue weighted by atomic mass is 16.5. The predicted octanol–water partition coefficient (Wildman–Crippen LogP) is 3.60. The summed E-state index contributed by atoms with van der Waals surface area (Å²) in [7, 11) is 1.65. The summed E-state index contributed by atoms with van der Waals surface area (Å²) in [5.74, 6) is 0.104. The number of hydrogen-bond acceptors (Lipinski definition) is 4. The smallest absolute Gasteiger partial charge is 0.234 e. The molecule has 5 heteroatoms. The van der Waals surface area contributed by atoms with Crippen LogP contribution in [0.5, 0.6) is 11.5 Å². The fourth-order valence-corrected chi connectivity index (χ4v) is 3.80. The SMILES string of the molecule is C=C(O)c1cn(CC2(c3ccc(OC)cc3)CCCC2)cc(O)c1=O. The lowest BCUT2D eigenvalue weighted by atomic mass is 9.78. The van der Waals surface area contributed by atoms with E-state index in [1.54, 1.807) is 17.9 Å². The summed E-state index contributed by atoms with van der Waals surface area (Å²) in [5.41, 5.74) is 0.576. The summed E-state index contributed by atoms with van der Waals surface area (Å²) in [5, 5.41) is 19.5. The number of benzene rings is 1. The Morgan fingerprint density at radius 1 is 1.24 bits per heavy atom. The molecule has 2 aromatic rings. The predicted molar refractivity (Wildman–Crippen MR) is 97.2 cm³/mol. The molecule has 1 fully saturated rings. The number of nitrogens with zero attached hydrogens (tertiary/aromatic N) is 1. The van der Waals surface area contributed by atoms with Crippen LogP contribution in [0.2, 0.25) is 0 Å². The van der Waals surface area contributed by atoms with Gasteiger partial charge >= 0.3 is 0 Å². The molecule has 0 unspecified atom stereocenters. The maximum Gasteiger partial charge on any atom is 0.234 e. The Morgan fingerprint density at radius 3 is 2.44 bits per heavy atom. The van der Waals surface area contributed by atoms with Gasteiger partial charge in [0.25, 0.3) is 0 Å². The van der Waals surface area contributed by atoms with Crippen molar-refractivity contribution in [2.24, 2.45) is 0 Å². The normalized spacial score (nSPS) is 15.9. The van der Waals surface area contributed by atoms with E-state index < -0.39 is 5.43 Å². The summed E-state index contributed by atoms with van der Waals surface area (Å²) >= 11 is 0. The van der Waals surface area contributed by atoms with E-state index >= 15 is 0 Å². The van der Waals surface area contributed by atoms with Crippen molar-refractivity contribution in [3.05, 3.63) is 64.6 Å². The molecule has 1 aliphatic rings. The zero-order chi connectivity index (χ0) is 18.0. The van der Waals surface area contributed by atoms with Gasteiger partial charge in [-0.15, -0.1) is 0 Å². The van der Waals surface area contributed by atoms with Gasteiger partial charge in [-0.05, 0) is 30.5 Å². The van der Waals surface area contributed by atoms with Gasteiger partial charge in [-0.25, -0.2) is 0 Å². The zero-order valence-electron chi connectivity index (χ0n) is 14.4. The molecule has 0 amide bonds. The maximum atomic E-state index is 11.9. The van der Waals surface area contributed by atoms with Crippen molar-refractivity contribution in [2.75, 3.05) is 7.11 Å². The van der Waals surface area contributed by atoms with Crippen molar-refractivity contribution in [3.63, 3.8) is 0 Å². The van der Waals surface area contributed by atoms with Gasteiger partial charge in [0.2, 0.25) is 5.43 Å². The number of ether oxygens (including phenoxy) is 1. The minimum atomic E-state index is -0.603. The number of aliphatic hydroxyl groups is 1. The highest BCUT2D eigenvalue weighted by Gasteiger charge is 2.36. The van der Waals surface area contributed by atoms with Crippen molar-refractivity contribution >= 4 is 5.76 Å². The summed E-state index contributed by atoms with van der Waals surface area (Å²) in [4.78, 5) is 11.9. The largest absolute Gasteiger partial charge is 0.508 e. The number of aliphatic hydroxyl groups excluding tert-OH is 1. The van der Waals surface area contributed by atoms with E-state index in [-0.39, 0.29) is 22.5 Å².